The number of hydrogen-bond acceptors (Lipinski definition) is 3. The molecule has 2 aromatic carbocycles. The number of hydrogen-bond donors (Lipinski definition) is 1. The highest BCUT2D eigenvalue weighted by Gasteiger charge is 2.22. The van der Waals surface area contributed by atoms with Gasteiger partial charge in [0.2, 0.25) is 5.91 Å². The monoisotopic (exact) mass is 351 g/mol. The minimum atomic E-state index is -0.0543. The number of carbonyl (C=O) groups excluding carboxylic acids is 2. The molecule has 0 spiro atoms. The summed E-state index contributed by atoms with van der Waals surface area (Å²) < 4.78 is 0. The van der Waals surface area contributed by atoms with Gasteiger partial charge in [0.25, 0.3) is 5.91 Å². The summed E-state index contributed by atoms with van der Waals surface area (Å²) in [6.45, 7) is 6.92. The second-order valence-electron chi connectivity index (χ2n) is 6.60. The van der Waals surface area contributed by atoms with Crippen LogP contribution >= 0.6 is 0 Å². The van der Waals surface area contributed by atoms with Gasteiger partial charge in [0.1, 0.15) is 0 Å². The third-order valence-electron chi connectivity index (χ3n) is 4.65. The Kier molecular flexibility index (Phi) is 5.56. The number of nitrogens with zero attached hydrogens (tertiary/aromatic N) is 2. The van der Waals surface area contributed by atoms with Gasteiger partial charge >= 0.3 is 0 Å². The van der Waals surface area contributed by atoms with Crippen molar-refractivity contribution >= 4 is 23.2 Å². The van der Waals surface area contributed by atoms with Crippen molar-refractivity contribution in [3.8, 4) is 0 Å². The average Bonchev–Trinajstić information content (AvgIpc) is 2.67. The Morgan fingerprint density at radius 2 is 1.73 bits per heavy atom. The zero-order valence-electron chi connectivity index (χ0n) is 15.4. The largest absolute Gasteiger partial charge is 0.368 e. The molecular formula is C21H25N3O2. The maximum Gasteiger partial charge on any atom is 0.254 e. The molecule has 0 radical (unpaired) electrons. The van der Waals surface area contributed by atoms with Crippen LogP contribution in [0.4, 0.5) is 11.4 Å². The number of benzene rings is 2. The Hall–Kier alpha value is -2.82. The van der Waals surface area contributed by atoms with Gasteiger partial charge in [-0.05, 0) is 42.8 Å². The number of piperazine rings is 1. The minimum Gasteiger partial charge on any atom is -0.368 e. The highest BCUT2D eigenvalue weighted by atomic mass is 16.2. The number of rotatable bonds is 4. The van der Waals surface area contributed by atoms with Gasteiger partial charge in [-0.1, -0.05) is 25.1 Å². The van der Waals surface area contributed by atoms with Crippen molar-refractivity contribution < 1.29 is 9.59 Å². The number of amides is 2. The lowest BCUT2D eigenvalue weighted by atomic mass is 10.1. The van der Waals surface area contributed by atoms with Crippen LogP contribution in [0, 0.1) is 6.92 Å². The fourth-order valence-corrected chi connectivity index (χ4v) is 3.15. The van der Waals surface area contributed by atoms with Gasteiger partial charge in [0.05, 0.1) is 0 Å². The van der Waals surface area contributed by atoms with Crippen molar-refractivity contribution in [2.45, 2.75) is 20.3 Å². The summed E-state index contributed by atoms with van der Waals surface area (Å²) in [5.41, 5.74) is 3.73. The molecule has 1 aliphatic rings. The van der Waals surface area contributed by atoms with Crippen molar-refractivity contribution in [1.82, 2.24) is 4.90 Å². The molecule has 0 bridgehead atoms. The highest BCUT2D eigenvalue weighted by molar-refractivity contribution is 5.97. The fraction of sp³-hybridized carbons (Fsp3) is 0.333. The third-order valence-corrected chi connectivity index (χ3v) is 4.65. The molecule has 2 amide bonds. The van der Waals surface area contributed by atoms with E-state index in [0.29, 0.717) is 30.8 Å². The Morgan fingerprint density at radius 3 is 2.42 bits per heavy atom. The molecule has 0 atom stereocenters. The van der Waals surface area contributed by atoms with Crippen molar-refractivity contribution in [1.29, 1.82) is 0 Å². The van der Waals surface area contributed by atoms with Crippen LogP contribution in [0.1, 0.15) is 29.3 Å². The smallest absolute Gasteiger partial charge is 0.254 e. The molecule has 1 heterocycles. The van der Waals surface area contributed by atoms with Crippen LogP contribution in [0.15, 0.2) is 48.5 Å². The highest BCUT2D eigenvalue weighted by Crippen LogP contribution is 2.19. The fourth-order valence-electron chi connectivity index (χ4n) is 3.15. The molecule has 0 aliphatic carbocycles. The molecule has 136 valence electrons. The maximum atomic E-state index is 12.8. The first-order valence-corrected chi connectivity index (χ1v) is 9.07. The van der Waals surface area contributed by atoms with Crippen LogP contribution in [0.3, 0.4) is 0 Å². The molecule has 0 aromatic heterocycles. The van der Waals surface area contributed by atoms with Gasteiger partial charge in [-0.3, -0.25) is 9.59 Å². The molecule has 5 heteroatoms. The first-order valence-electron chi connectivity index (χ1n) is 9.07. The molecule has 0 unspecified atom stereocenters. The van der Waals surface area contributed by atoms with Crippen LogP contribution in [-0.2, 0) is 4.79 Å². The third kappa shape index (κ3) is 4.23. The first kappa shape index (κ1) is 18.0. The van der Waals surface area contributed by atoms with Crippen molar-refractivity contribution in [2.24, 2.45) is 0 Å². The van der Waals surface area contributed by atoms with E-state index in [1.807, 2.05) is 11.0 Å². The standard InChI is InChI=1S/C21H25N3O2/c1-3-20(25)22-18-8-5-7-17(15-18)21(26)24-12-10-23(11-13-24)19-9-4-6-16(2)14-19/h4-9,14-15H,3,10-13H2,1-2H3,(H,22,25). The van der Waals surface area contributed by atoms with Crippen LogP contribution in [-0.4, -0.2) is 42.9 Å². The van der Waals surface area contributed by atoms with Gasteiger partial charge in [-0.15, -0.1) is 0 Å². The molecule has 1 fully saturated rings. The quantitative estimate of drug-likeness (QED) is 0.919. The van der Waals surface area contributed by atoms with E-state index in [2.05, 4.69) is 41.4 Å². The summed E-state index contributed by atoms with van der Waals surface area (Å²) in [4.78, 5) is 28.5. The van der Waals surface area contributed by atoms with Crippen LogP contribution in [0.2, 0.25) is 0 Å². The molecule has 5 nitrogen and oxygen atoms in total. The van der Waals surface area contributed by atoms with E-state index in [-0.39, 0.29) is 11.8 Å². The van der Waals surface area contributed by atoms with E-state index in [4.69, 9.17) is 0 Å². The predicted molar refractivity (Wildman–Crippen MR) is 105 cm³/mol. The lowest BCUT2D eigenvalue weighted by Crippen LogP contribution is -2.48. The van der Waals surface area contributed by atoms with E-state index < -0.39 is 0 Å². The zero-order valence-corrected chi connectivity index (χ0v) is 15.4. The summed E-state index contributed by atoms with van der Waals surface area (Å²) in [5, 5.41) is 2.81. The van der Waals surface area contributed by atoms with Gasteiger partial charge in [-0.25, -0.2) is 0 Å². The van der Waals surface area contributed by atoms with Crippen molar-refractivity contribution in [3.63, 3.8) is 0 Å². The lowest BCUT2D eigenvalue weighted by molar-refractivity contribution is -0.115. The Morgan fingerprint density at radius 1 is 1.00 bits per heavy atom. The van der Waals surface area contributed by atoms with Gasteiger partial charge < -0.3 is 15.1 Å². The Balaban J connectivity index is 1.63. The SMILES string of the molecule is CCC(=O)Nc1cccc(C(=O)N2CCN(c3cccc(C)c3)CC2)c1. The number of anilines is 2. The summed E-state index contributed by atoms with van der Waals surface area (Å²) in [5.74, 6) is -0.0390. The van der Waals surface area contributed by atoms with Crippen LogP contribution in [0.5, 0.6) is 0 Å². The number of carbonyl (C=O) groups is 2. The number of aryl methyl sites for hydroxylation is 1. The second-order valence-corrected chi connectivity index (χ2v) is 6.60. The van der Waals surface area contributed by atoms with Gasteiger partial charge in [-0.2, -0.15) is 0 Å². The van der Waals surface area contributed by atoms with E-state index in [0.717, 1.165) is 13.1 Å². The van der Waals surface area contributed by atoms with E-state index in [1.54, 1.807) is 25.1 Å². The summed E-state index contributed by atoms with van der Waals surface area (Å²) in [7, 11) is 0. The first-order chi connectivity index (χ1) is 12.6. The molecule has 0 saturated carbocycles. The van der Waals surface area contributed by atoms with E-state index in [9.17, 15) is 9.59 Å². The van der Waals surface area contributed by atoms with Gasteiger partial charge in [0, 0.05) is 49.5 Å². The van der Waals surface area contributed by atoms with Crippen molar-refractivity contribution in [3.05, 3.63) is 59.7 Å². The molecule has 1 N–H and O–H groups in total. The molecular weight excluding hydrogens is 326 g/mol. The summed E-state index contributed by atoms with van der Waals surface area (Å²) in [6, 6.07) is 15.6. The average molecular weight is 351 g/mol. The summed E-state index contributed by atoms with van der Waals surface area (Å²) in [6.07, 6.45) is 0.416. The van der Waals surface area contributed by atoms with E-state index in [1.165, 1.54) is 11.3 Å². The van der Waals surface area contributed by atoms with E-state index >= 15 is 0 Å². The van der Waals surface area contributed by atoms with Crippen LogP contribution in [0.25, 0.3) is 0 Å². The topological polar surface area (TPSA) is 52.7 Å². The second kappa shape index (κ2) is 8.04. The van der Waals surface area contributed by atoms with Gasteiger partial charge in [0.15, 0.2) is 0 Å². The molecule has 1 saturated heterocycles. The van der Waals surface area contributed by atoms with Crippen molar-refractivity contribution in [2.75, 3.05) is 36.4 Å². The molecule has 26 heavy (non-hydrogen) atoms. The Labute approximate surface area is 154 Å². The maximum absolute atomic E-state index is 12.8. The number of nitrogens with one attached hydrogen (secondary N) is 1. The normalized spacial score (nSPS) is 14.2. The molecule has 3 rings (SSSR count). The van der Waals surface area contributed by atoms with Crippen LogP contribution < -0.4 is 10.2 Å². The molecule has 1 aliphatic heterocycles. The Bertz CT molecular complexity index is 795. The predicted octanol–water partition coefficient (Wildman–Crippen LogP) is 3.31. The zero-order chi connectivity index (χ0) is 18.5. The summed E-state index contributed by atoms with van der Waals surface area (Å²) >= 11 is 0. The minimum absolute atomic E-state index is 0.0153. The molecule has 2 aromatic rings. The lowest BCUT2D eigenvalue weighted by Gasteiger charge is -2.36.